The first kappa shape index (κ1) is 7.03. The maximum Gasteiger partial charge on any atom is 0.123 e. The minimum absolute atomic E-state index is 0.0139. The Kier molecular flexibility index (Phi) is 1.53. The van der Waals surface area contributed by atoms with Crippen molar-refractivity contribution in [3.05, 3.63) is 0 Å². The van der Waals surface area contributed by atoms with Crippen LogP contribution < -0.4 is 0 Å². The van der Waals surface area contributed by atoms with Gasteiger partial charge in [-0.1, -0.05) is 6.92 Å². The molecular weight excluding hydrogens is 114 g/mol. The number of nitrogens with zero attached hydrogens (tertiary/aromatic N) is 1. The van der Waals surface area contributed by atoms with Crippen molar-refractivity contribution < 1.29 is 4.74 Å². The number of hydrogen-bond donors (Lipinski definition) is 0. The average Bonchev–Trinajstić information content (AvgIpc) is 1.82. The number of hydrogen-bond acceptors (Lipinski definition) is 2. The van der Waals surface area contributed by atoms with Gasteiger partial charge >= 0.3 is 0 Å². The maximum atomic E-state index is 5.42. The Bertz CT molecular complexity index is 107. The van der Waals surface area contributed by atoms with Gasteiger partial charge in [0.15, 0.2) is 0 Å². The van der Waals surface area contributed by atoms with Crippen LogP contribution in [0.2, 0.25) is 0 Å². The van der Waals surface area contributed by atoms with Gasteiger partial charge in [0.05, 0.1) is 6.61 Å². The van der Waals surface area contributed by atoms with Crippen molar-refractivity contribution >= 4 is 0 Å². The molecule has 1 rings (SSSR count). The van der Waals surface area contributed by atoms with Crippen LogP contribution in [0.1, 0.15) is 13.8 Å². The normalized spacial score (nSPS) is 43.0. The van der Waals surface area contributed by atoms with E-state index in [0.717, 1.165) is 6.61 Å². The number of ether oxygens (including phenoxy) is 1. The molecule has 0 N–H and O–H groups in total. The highest BCUT2D eigenvalue weighted by Crippen LogP contribution is 2.33. The molecule has 1 heterocycles. The lowest BCUT2D eigenvalue weighted by Gasteiger charge is -2.49. The van der Waals surface area contributed by atoms with Crippen LogP contribution in [-0.4, -0.2) is 31.3 Å². The van der Waals surface area contributed by atoms with Crippen LogP contribution >= 0.6 is 0 Å². The van der Waals surface area contributed by atoms with E-state index in [0.29, 0.717) is 5.92 Å². The zero-order valence-electron chi connectivity index (χ0n) is 6.64. The van der Waals surface area contributed by atoms with Crippen LogP contribution in [0.4, 0.5) is 0 Å². The molecule has 1 aliphatic rings. The lowest BCUT2D eigenvalue weighted by molar-refractivity contribution is -0.256. The molecule has 0 saturated carbocycles. The molecule has 54 valence electrons. The van der Waals surface area contributed by atoms with E-state index in [-0.39, 0.29) is 5.72 Å². The molecule has 1 aliphatic heterocycles. The van der Waals surface area contributed by atoms with Crippen molar-refractivity contribution in [1.29, 1.82) is 0 Å². The van der Waals surface area contributed by atoms with E-state index in [2.05, 4.69) is 32.8 Å². The second-order valence-corrected chi connectivity index (χ2v) is 3.16. The van der Waals surface area contributed by atoms with Crippen molar-refractivity contribution in [2.75, 3.05) is 20.7 Å². The Labute approximate surface area is 56.8 Å². The van der Waals surface area contributed by atoms with Crippen molar-refractivity contribution in [3.8, 4) is 0 Å². The molecule has 0 spiro atoms. The highest BCUT2D eigenvalue weighted by molar-refractivity contribution is 4.86. The molecule has 2 heteroatoms. The molecule has 0 aromatic carbocycles. The summed E-state index contributed by atoms with van der Waals surface area (Å²) in [5.41, 5.74) is 0.0139. The van der Waals surface area contributed by atoms with Crippen LogP contribution in [0, 0.1) is 5.92 Å². The smallest absolute Gasteiger partial charge is 0.123 e. The Morgan fingerprint density at radius 2 is 2.11 bits per heavy atom. The summed E-state index contributed by atoms with van der Waals surface area (Å²) in [5, 5.41) is 0. The topological polar surface area (TPSA) is 12.5 Å². The highest BCUT2D eigenvalue weighted by Gasteiger charge is 2.42. The second kappa shape index (κ2) is 1.96. The summed E-state index contributed by atoms with van der Waals surface area (Å²) >= 11 is 0. The fourth-order valence-electron chi connectivity index (χ4n) is 1.06. The molecule has 2 nitrogen and oxygen atoms in total. The van der Waals surface area contributed by atoms with E-state index in [1.54, 1.807) is 0 Å². The van der Waals surface area contributed by atoms with Crippen LogP contribution in [0.25, 0.3) is 0 Å². The van der Waals surface area contributed by atoms with Crippen molar-refractivity contribution in [3.63, 3.8) is 0 Å². The van der Waals surface area contributed by atoms with Crippen molar-refractivity contribution in [2.24, 2.45) is 5.92 Å². The van der Waals surface area contributed by atoms with Gasteiger partial charge in [0.25, 0.3) is 0 Å². The van der Waals surface area contributed by atoms with E-state index in [1.165, 1.54) is 0 Å². The third-order valence-electron chi connectivity index (χ3n) is 2.43. The van der Waals surface area contributed by atoms with Gasteiger partial charge in [-0.2, -0.15) is 0 Å². The molecule has 1 fully saturated rings. The fraction of sp³-hybridized carbons (Fsp3) is 1.00. The Balaban J connectivity index is 2.53. The molecule has 0 aromatic heterocycles. The zero-order valence-corrected chi connectivity index (χ0v) is 6.64. The van der Waals surface area contributed by atoms with Gasteiger partial charge in [-0.15, -0.1) is 0 Å². The summed E-state index contributed by atoms with van der Waals surface area (Å²) in [5.74, 6) is 0.674. The van der Waals surface area contributed by atoms with Gasteiger partial charge in [0.1, 0.15) is 5.72 Å². The molecule has 0 radical (unpaired) electrons. The van der Waals surface area contributed by atoms with Crippen LogP contribution in [0.3, 0.4) is 0 Å². The van der Waals surface area contributed by atoms with Gasteiger partial charge in [-0.3, -0.25) is 4.90 Å². The quantitative estimate of drug-likeness (QED) is 0.522. The molecule has 9 heavy (non-hydrogen) atoms. The first-order valence-electron chi connectivity index (χ1n) is 3.39. The first-order chi connectivity index (χ1) is 4.07. The Morgan fingerprint density at radius 3 is 2.11 bits per heavy atom. The van der Waals surface area contributed by atoms with Crippen molar-refractivity contribution in [2.45, 2.75) is 19.6 Å². The van der Waals surface area contributed by atoms with E-state index < -0.39 is 0 Å². The molecule has 0 bridgehead atoms. The van der Waals surface area contributed by atoms with Crippen LogP contribution in [0.5, 0.6) is 0 Å². The standard InChI is InChI=1S/C7H15NO/c1-6-5-9-7(6,2)8(3)4/h6H,5H2,1-4H3. The minimum atomic E-state index is 0.0139. The minimum Gasteiger partial charge on any atom is -0.360 e. The van der Waals surface area contributed by atoms with E-state index in [9.17, 15) is 0 Å². The number of rotatable bonds is 1. The van der Waals surface area contributed by atoms with Gasteiger partial charge in [-0.25, -0.2) is 0 Å². The third-order valence-corrected chi connectivity index (χ3v) is 2.43. The zero-order chi connectivity index (χ0) is 7.07. The molecule has 0 aromatic rings. The molecular formula is C7H15NO. The summed E-state index contributed by atoms with van der Waals surface area (Å²) in [4.78, 5) is 2.13. The lowest BCUT2D eigenvalue weighted by Crippen LogP contribution is -2.59. The average molecular weight is 129 g/mol. The molecule has 2 atom stereocenters. The first-order valence-corrected chi connectivity index (χ1v) is 3.39. The largest absolute Gasteiger partial charge is 0.360 e. The van der Waals surface area contributed by atoms with Crippen molar-refractivity contribution in [1.82, 2.24) is 4.90 Å². The summed E-state index contributed by atoms with van der Waals surface area (Å²) < 4.78 is 5.42. The molecule has 2 unspecified atom stereocenters. The van der Waals surface area contributed by atoms with Gasteiger partial charge < -0.3 is 4.74 Å². The van der Waals surface area contributed by atoms with E-state index >= 15 is 0 Å². The maximum absolute atomic E-state index is 5.42. The fourth-order valence-corrected chi connectivity index (χ4v) is 1.06. The van der Waals surface area contributed by atoms with Gasteiger partial charge in [0, 0.05) is 5.92 Å². The lowest BCUT2D eigenvalue weighted by atomic mass is 9.93. The summed E-state index contributed by atoms with van der Waals surface area (Å²) in [7, 11) is 4.10. The highest BCUT2D eigenvalue weighted by atomic mass is 16.5. The third kappa shape index (κ3) is 0.864. The monoisotopic (exact) mass is 129 g/mol. The van der Waals surface area contributed by atoms with E-state index in [4.69, 9.17) is 4.74 Å². The SMILES string of the molecule is CC1COC1(C)N(C)C. The Morgan fingerprint density at radius 1 is 1.56 bits per heavy atom. The molecule has 0 amide bonds. The predicted octanol–water partition coefficient (Wildman–Crippen LogP) is 0.930. The summed E-state index contributed by atoms with van der Waals surface area (Å²) in [6.45, 7) is 5.25. The van der Waals surface area contributed by atoms with Crippen LogP contribution in [0.15, 0.2) is 0 Å². The predicted molar refractivity (Wildman–Crippen MR) is 37.2 cm³/mol. The molecule has 0 aliphatic carbocycles. The second-order valence-electron chi connectivity index (χ2n) is 3.16. The Hall–Kier alpha value is -0.0800. The summed E-state index contributed by atoms with van der Waals surface area (Å²) in [6.07, 6.45) is 0. The van der Waals surface area contributed by atoms with Gasteiger partial charge in [-0.05, 0) is 21.0 Å². The molecule has 1 saturated heterocycles. The van der Waals surface area contributed by atoms with Gasteiger partial charge in [0.2, 0.25) is 0 Å². The van der Waals surface area contributed by atoms with Crippen LogP contribution in [-0.2, 0) is 4.74 Å². The summed E-state index contributed by atoms with van der Waals surface area (Å²) in [6, 6.07) is 0. The van der Waals surface area contributed by atoms with E-state index in [1.807, 2.05) is 0 Å².